The maximum Gasteiger partial charge on any atom is 0.396 e. The van der Waals surface area contributed by atoms with Crippen LogP contribution in [0, 0.1) is 17.8 Å². The number of aryl methyl sites for hydroxylation is 1. The molecule has 0 radical (unpaired) electrons. The standard InChI is InChI=1S/C56H65N10O15PS/c1-63-45-22-33(9-15-42(45)65(55(63)76)43-16-18-47(68)62-51(43)72)21-30-3-5-31(6-4-30)23-48(69)64-28-36-26-56(36)20-19-44(52(73)60-39(14-17-46(57)67)49(70)58-27-32-7-11-37(12-8-32)83(2,80)81)66(56)53(74)41(29-64)61-50(71)40-25-35-24-34(10-13-38(35)59-40)54(75)82(77,78)79/h7-13,15,22,24-25,30-31,36,39,41,43-44,59H,3-6,14,16-21,23,26-29H2,1-2H3,(H2,57,67)(H,58,70)(H,60,73)(H,61,71)(H,62,68,72)(H2,77,78,79)/t30?,31?,36?,39-,41-,43?,44-,56?/m0/s1. The molecule has 3 aliphatic heterocycles. The summed E-state index contributed by atoms with van der Waals surface area (Å²) in [6, 6.07) is 12.1. The van der Waals surface area contributed by atoms with Gasteiger partial charge in [0.1, 0.15) is 29.9 Å². The number of carbonyl (C=O) groups excluding carboxylic acids is 9. The maximum atomic E-state index is 15.3. The third kappa shape index (κ3) is 12.2. The zero-order valence-electron chi connectivity index (χ0n) is 45.6. The van der Waals surface area contributed by atoms with Crippen LogP contribution in [-0.2, 0) is 68.0 Å². The van der Waals surface area contributed by atoms with Crippen LogP contribution in [0.2, 0.25) is 0 Å². The van der Waals surface area contributed by atoms with Crippen molar-refractivity contribution in [3.63, 3.8) is 0 Å². The third-order valence-electron chi connectivity index (χ3n) is 17.3. The number of hydrogen-bond acceptors (Lipinski definition) is 13. The quantitative estimate of drug-likeness (QED) is 0.0457. The van der Waals surface area contributed by atoms with Gasteiger partial charge >= 0.3 is 13.3 Å². The van der Waals surface area contributed by atoms with E-state index in [0.717, 1.165) is 43.9 Å². The van der Waals surface area contributed by atoms with Crippen LogP contribution in [0.3, 0.4) is 0 Å². The lowest BCUT2D eigenvalue weighted by Crippen LogP contribution is -2.62. The van der Waals surface area contributed by atoms with Crippen molar-refractivity contribution < 1.29 is 65.9 Å². The van der Waals surface area contributed by atoms with E-state index in [0.29, 0.717) is 35.0 Å². The Labute approximate surface area is 475 Å². The van der Waals surface area contributed by atoms with Gasteiger partial charge in [-0.2, -0.15) is 0 Å². The first kappa shape index (κ1) is 58.4. The Morgan fingerprint density at radius 3 is 2.27 bits per heavy atom. The summed E-state index contributed by atoms with van der Waals surface area (Å²) in [6.07, 6.45) is 5.96. The summed E-state index contributed by atoms with van der Waals surface area (Å²) in [5, 5.41) is 10.9. The molecule has 25 nitrogen and oxygen atoms in total. The molecule has 83 heavy (non-hydrogen) atoms. The molecule has 2 aliphatic carbocycles. The average Bonchev–Trinajstić information content (AvgIpc) is 3.32. The monoisotopic (exact) mass is 1180 g/mol. The number of rotatable bonds is 18. The smallest absolute Gasteiger partial charge is 0.370 e. The fourth-order valence-electron chi connectivity index (χ4n) is 12.8. The minimum atomic E-state index is -5.14. The van der Waals surface area contributed by atoms with Crippen molar-refractivity contribution in [3.05, 3.63) is 99.6 Å². The van der Waals surface area contributed by atoms with E-state index < -0.39 is 88.1 Å². The van der Waals surface area contributed by atoms with E-state index in [9.17, 15) is 65.9 Å². The number of aromatic amines is 1. The Morgan fingerprint density at radius 1 is 0.867 bits per heavy atom. The lowest BCUT2D eigenvalue weighted by atomic mass is 9.78. The van der Waals surface area contributed by atoms with Crippen LogP contribution >= 0.6 is 7.60 Å². The van der Waals surface area contributed by atoms with Gasteiger partial charge in [0.15, 0.2) is 9.84 Å². The molecule has 5 heterocycles. The lowest BCUT2D eigenvalue weighted by Gasteiger charge is -2.39. The van der Waals surface area contributed by atoms with Crippen molar-refractivity contribution in [1.29, 1.82) is 0 Å². The number of primary amides is 1. The summed E-state index contributed by atoms with van der Waals surface area (Å²) in [6.45, 7) is -0.101. The highest BCUT2D eigenvalue weighted by molar-refractivity contribution is 7.90. The number of imidazole rings is 1. The van der Waals surface area contributed by atoms with Crippen molar-refractivity contribution in [3.8, 4) is 0 Å². The number of amides is 8. The molecule has 9 N–H and O–H groups in total. The van der Waals surface area contributed by atoms with Crippen molar-refractivity contribution >= 4 is 92.2 Å². The van der Waals surface area contributed by atoms with Gasteiger partial charge in [-0.3, -0.25) is 62.2 Å². The highest BCUT2D eigenvalue weighted by Crippen LogP contribution is 2.58. The Morgan fingerprint density at radius 2 is 1.58 bits per heavy atom. The zero-order chi connectivity index (χ0) is 59.4. The molecule has 5 aliphatic rings. The molecule has 3 unspecified atom stereocenters. The Bertz CT molecular complexity index is 3750. The minimum Gasteiger partial charge on any atom is -0.370 e. The highest BCUT2D eigenvalue weighted by Gasteiger charge is 2.67. The first-order valence-electron chi connectivity index (χ1n) is 27.6. The van der Waals surface area contributed by atoms with Crippen LogP contribution in [0.1, 0.15) is 115 Å². The van der Waals surface area contributed by atoms with Gasteiger partial charge in [-0.25, -0.2) is 13.2 Å². The lowest BCUT2D eigenvalue weighted by molar-refractivity contribution is -0.146. The molecule has 2 aromatic heterocycles. The molecule has 3 aromatic carbocycles. The summed E-state index contributed by atoms with van der Waals surface area (Å²) in [7, 11) is -6.97. The molecule has 2 saturated carbocycles. The Balaban J connectivity index is 0.842. The topological polar surface area (TPSA) is 369 Å². The number of H-pyrrole nitrogens is 1. The van der Waals surface area contributed by atoms with Crippen molar-refractivity contribution in [1.82, 2.24) is 45.2 Å². The minimum absolute atomic E-state index is 0.0110. The second-order valence-corrected chi connectivity index (χ2v) is 26.4. The number of benzene rings is 3. The van der Waals surface area contributed by atoms with E-state index in [1.165, 1.54) is 62.6 Å². The number of fused-ring (bicyclic) bond motifs is 2. The van der Waals surface area contributed by atoms with E-state index in [-0.39, 0.29) is 115 Å². The summed E-state index contributed by atoms with van der Waals surface area (Å²) >= 11 is 0. The number of piperidine rings is 1. The van der Waals surface area contributed by atoms with E-state index in [4.69, 9.17) is 5.73 Å². The number of nitrogens with one attached hydrogen (secondary N) is 5. The first-order valence-corrected chi connectivity index (χ1v) is 31.1. The second-order valence-electron chi connectivity index (χ2n) is 22.9. The van der Waals surface area contributed by atoms with E-state index >= 15 is 4.79 Å². The molecular formula is C56H65N10O15PS. The number of imide groups is 1. The van der Waals surface area contributed by atoms with Crippen molar-refractivity contribution in [2.24, 2.45) is 30.5 Å². The van der Waals surface area contributed by atoms with Crippen LogP contribution in [0.4, 0.5) is 0 Å². The van der Waals surface area contributed by atoms with Crippen molar-refractivity contribution in [2.45, 2.75) is 125 Å². The number of nitrogens with zero attached hydrogens (tertiary/aromatic N) is 4. The molecule has 1 spiro atoms. The van der Waals surface area contributed by atoms with E-state index in [1.54, 1.807) is 11.9 Å². The summed E-state index contributed by atoms with van der Waals surface area (Å²) in [5.41, 5.74) is 5.62. The largest absolute Gasteiger partial charge is 0.396 e. The molecular weight excluding hydrogens is 1120 g/mol. The van der Waals surface area contributed by atoms with E-state index in [1.807, 2.05) is 18.2 Å². The van der Waals surface area contributed by atoms with Gasteiger partial charge < -0.3 is 46.3 Å². The van der Waals surface area contributed by atoms with Gasteiger partial charge in [0.05, 0.1) is 15.9 Å². The van der Waals surface area contributed by atoms with Gasteiger partial charge in [0.2, 0.25) is 41.4 Å². The number of aromatic nitrogens is 3. The summed E-state index contributed by atoms with van der Waals surface area (Å²) < 4.78 is 38.7. The normalized spacial score (nSPS) is 24.0. The molecule has 5 aromatic rings. The van der Waals surface area contributed by atoms with Crippen LogP contribution in [0.5, 0.6) is 0 Å². The first-order chi connectivity index (χ1) is 39.3. The predicted molar refractivity (Wildman–Crippen MR) is 297 cm³/mol. The molecule has 3 saturated heterocycles. The van der Waals surface area contributed by atoms with Gasteiger partial charge in [0, 0.05) is 80.1 Å². The fraction of sp³-hybridized carbons (Fsp3) is 0.464. The molecule has 0 bridgehead atoms. The third-order valence-corrected chi connectivity index (χ3v) is 19.2. The van der Waals surface area contributed by atoms with Crippen LogP contribution in [0.25, 0.3) is 21.9 Å². The Hall–Kier alpha value is -7.80. The van der Waals surface area contributed by atoms with Gasteiger partial charge in [-0.05, 0) is 136 Å². The van der Waals surface area contributed by atoms with Crippen LogP contribution < -0.4 is 32.7 Å². The molecule has 27 heteroatoms. The average molecular weight is 1180 g/mol. The van der Waals surface area contributed by atoms with E-state index in [2.05, 4.69) is 26.3 Å². The summed E-state index contributed by atoms with van der Waals surface area (Å²) in [4.78, 5) is 160. The highest BCUT2D eigenvalue weighted by atomic mass is 32.2. The number of sulfone groups is 1. The molecule has 8 amide bonds. The van der Waals surface area contributed by atoms with Gasteiger partial charge in [-0.15, -0.1) is 0 Å². The Kier molecular flexibility index (Phi) is 16.0. The van der Waals surface area contributed by atoms with Gasteiger partial charge in [-0.1, -0.05) is 18.2 Å². The predicted octanol–water partition coefficient (Wildman–Crippen LogP) is 1.72. The molecule has 440 valence electrons. The molecule has 6 atom stereocenters. The zero-order valence-corrected chi connectivity index (χ0v) is 47.3. The van der Waals surface area contributed by atoms with Crippen LogP contribution in [-0.4, -0.2) is 138 Å². The van der Waals surface area contributed by atoms with Crippen LogP contribution in [0.15, 0.2) is 76.4 Å². The maximum absolute atomic E-state index is 15.3. The fourth-order valence-corrected chi connectivity index (χ4v) is 13.9. The number of hydrogen-bond donors (Lipinski definition) is 8. The second kappa shape index (κ2) is 22.7. The summed E-state index contributed by atoms with van der Waals surface area (Å²) in [5.74, 6) is -4.57. The SMILES string of the molecule is Cn1c(=O)n(C2CCC(=O)NC2=O)c2ccc(CC3CCC(CC(=O)N4CC5CC56CC[C@@H](C(=O)N[C@@H](CCC(N)=O)C(=O)NCc5ccc(S(C)(=O)=O)cc5)N6C(=O)[C@@H](NC(=O)c5cc6cc(C(=O)P(=O)(O)O)ccc6[nH]5)C4)CC3)cc21. The molecule has 5 fully saturated rings. The number of nitrogens with two attached hydrogens (primary N) is 1. The molecule has 10 rings (SSSR count). The van der Waals surface area contributed by atoms with Crippen molar-refractivity contribution in [2.75, 3.05) is 19.3 Å². The van der Waals surface area contributed by atoms with Gasteiger partial charge in [0.25, 0.3) is 11.4 Å². The number of carbonyl (C=O) groups is 9.